The van der Waals surface area contributed by atoms with Crippen molar-refractivity contribution in [3.05, 3.63) is 60.1 Å². The second-order valence-corrected chi connectivity index (χ2v) is 6.92. The lowest BCUT2D eigenvalue weighted by atomic mass is 10.1. The Labute approximate surface area is 160 Å². The van der Waals surface area contributed by atoms with Crippen LogP contribution in [0.25, 0.3) is 22.6 Å². The summed E-state index contributed by atoms with van der Waals surface area (Å²) in [6.45, 7) is 3.14. The molecule has 1 aromatic carbocycles. The molecule has 8 heteroatoms. The first-order valence-electron chi connectivity index (χ1n) is 9.06. The summed E-state index contributed by atoms with van der Waals surface area (Å²) in [5.41, 5.74) is 2.38. The number of aryl methyl sites for hydroxylation is 1. The van der Waals surface area contributed by atoms with E-state index in [0.717, 1.165) is 23.0 Å². The molecule has 0 N–H and O–H groups in total. The molecule has 0 spiro atoms. The molecule has 1 aliphatic rings. The molecule has 140 valence electrons. The Morgan fingerprint density at radius 1 is 1.18 bits per heavy atom. The molecule has 0 aliphatic carbocycles. The summed E-state index contributed by atoms with van der Waals surface area (Å²) in [6.07, 6.45) is 5.49. The van der Waals surface area contributed by atoms with Gasteiger partial charge in [0, 0.05) is 30.9 Å². The topological polar surface area (TPSA) is 98.2 Å². The Kier molecular flexibility index (Phi) is 3.89. The van der Waals surface area contributed by atoms with Gasteiger partial charge in [-0.25, -0.2) is 4.98 Å². The van der Waals surface area contributed by atoms with E-state index in [4.69, 9.17) is 8.83 Å². The van der Waals surface area contributed by atoms with E-state index < -0.39 is 0 Å². The van der Waals surface area contributed by atoms with Crippen LogP contribution in [0.2, 0.25) is 0 Å². The van der Waals surface area contributed by atoms with Gasteiger partial charge in [0.2, 0.25) is 5.89 Å². The van der Waals surface area contributed by atoms with Crippen molar-refractivity contribution < 1.29 is 13.6 Å². The predicted molar refractivity (Wildman–Crippen MR) is 99.5 cm³/mol. The van der Waals surface area contributed by atoms with Crippen molar-refractivity contribution in [2.24, 2.45) is 0 Å². The van der Waals surface area contributed by atoms with Crippen LogP contribution in [-0.4, -0.2) is 44.1 Å². The van der Waals surface area contributed by atoms with Crippen LogP contribution < -0.4 is 0 Å². The normalized spacial score (nSPS) is 16.8. The molecule has 0 bridgehead atoms. The van der Waals surface area contributed by atoms with Crippen LogP contribution in [0.1, 0.15) is 34.3 Å². The van der Waals surface area contributed by atoms with E-state index in [1.807, 2.05) is 25.1 Å². The van der Waals surface area contributed by atoms with Gasteiger partial charge in [0.05, 0.1) is 12.1 Å². The number of amides is 1. The van der Waals surface area contributed by atoms with Gasteiger partial charge in [-0.05, 0) is 31.5 Å². The van der Waals surface area contributed by atoms with Crippen molar-refractivity contribution >= 4 is 16.9 Å². The highest BCUT2D eigenvalue weighted by atomic mass is 16.4. The summed E-state index contributed by atoms with van der Waals surface area (Å²) in [6, 6.07) is 7.67. The zero-order chi connectivity index (χ0) is 19.1. The Bertz CT molecular complexity index is 1150. The van der Waals surface area contributed by atoms with E-state index in [9.17, 15) is 4.79 Å². The molecule has 3 aromatic heterocycles. The summed E-state index contributed by atoms with van der Waals surface area (Å²) in [5, 5.41) is 9.13. The second-order valence-electron chi connectivity index (χ2n) is 6.92. The van der Waals surface area contributed by atoms with E-state index in [1.54, 1.807) is 29.6 Å². The monoisotopic (exact) mass is 375 g/mol. The van der Waals surface area contributed by atoms with Gasteiger partial charge >= 0.3 is 0 Å². The number of fused-ring (bicyclic) bond motifs is 1. The van der Waals surface area contributed by atoms with Crippen molar-refractivity contribution in [1.82, 2.24) is 25.1 Å². The fourth-order valence-electron chi connectivity index (χ4n) is 3.48. The van der Waals surface area contributed by atoms with Crippen LogP contribution in [-0.2, 0) is 0 Å². The molecule has 4 aromatic rings. The molecule has 4 heterocycles. The van der Waals surface area contributed by atoms with Crippen LogP contribution in [0.3, 0.4) is 0 Å². The molecule has 1 unspecified atom stereocenters. The summed E-state index contributed by atoms with van der Waals surface area (Å²) >= 11 is 0. The highest BCUT2D eigenvalue weighted by Crippen LogP contribution is 2.30. The average Bonchev–Trinajstić information content (AvgIpc) is 3.46. The highest BCUT2D eigenvalue weighted by Gasteiger charge is 2.32. The molecular weight excluding hydrogens is 358 g/mol. The van der Waals surface area contributed by atoms with E-state index in [1.165, 1.54) is 0 Å². The molecule has 1 atom stereocenters. The third-order valence-corrected chi connectivity index (χ3v) is 4.93. The lowest BCUT2D eigenvalue weighted by Crippen LogP contribution is -2.28. The number of hydrogen-bond donors (Lipinski definition) is 0. The molecule has 1 aliphatic heterocycles. The fourth-order valence-corrected chi connectivity index (χ4v) is 3.48. The van der Waals surface area contributed by atoms with Gasteiger partial charge in [-0.2, -0.15) is 0 Å². The molecule has 5 rings (SSSR count). The number of benzene rings is 1. The van der Waals surface area contributed by atoms with Crippen LogP contribution >= 0.6 is 0 Å². The maximum Gasteiger partial charge on any atom is 0.289 e. The highest BCUT2D eigenvalue weighted by molar-refractivity contribution is 5.96. The molecule has 28 heavy (non-hydrogen) atoms. The minimum absolute atomic E-state index is 0.00602. The third-order valence-electron chi connectivity index (χ3n) is 4.93. The minimum Gasteiger partial charge on any atom is -0.451 e. The van der Waals surface area contributed by atoms with E-state index >= 15 is 0 Å². The van der Waals surface area contributed by atoms with Crippen LogP contribution in [0, 0.1) is 6.92 Å². The molecule has 0 saturated carbocycles. The Morgan fingerprint density at radius 3 is 2.96 bits per heavy atom. The minimum atomic E-state index is -0.120. The van der Waals surface area contributed by atoms with E-state index in [-0.39, 0.29) is 11.8 Å². The van der Waals surface area contributed by atoms with E-state index in [0.29, 0.717) is 36.3 Å². The standard InChI is InChI=1S/C20H17N5O3/c1-12-2-3-16-14(8-12)9-17(27-16)20(26)25-7-4-13(11-25)18-23-24-19(28-18)15-10-21-5-6-22-15/h2-3,5-6,8-10,13H,4,7,11H2,1H3. The van der Waals surface area contributed by atoms with Gasteiger partial charge < -0.3 is 13.7 Å². The summed E-state index contributed by atoms with van der Waals surface area (Å²) in [7, 11) is 0. The lowest BCUT2D eigenvalue weighted by Gasteiger charge is -2.13. The third kappa shape index (κ3) is 2.92. The number of furan rings is 1. The average molecular weight is 375 g/mol. The van der Waals surface area contributed by atoms with Crippen LogP contribution in [0.4, 0.5) is 0 Å². The first-order valence-corrected chi connectivity index (χ1v) is 9.06. The quantitative estimate of drug-likeness (QED) is 0.542. The van der Waals surface area contributed by atoms with Gasteiger partial charge in [0.25, 0.3) is 11.8 Å². The maximum atomic E-state index is 12.9. The van der Waals surface area contributed by atoms with Crippen molar-refractivity contribution in [2.45, 2.75) is 19.3 Å². The molecule has 1 amide bonds. The van der Waals surface area contributed by atoms with Gasteiger partial charge in [0.15, 0.2) is 5.76 Å². The second kappa shape index (κ2) is 6.56. The fraction of sp³-hybridized carbons (Fsp3) is 0.250. The molecular formula is C20H17N5O3. The maximum absolute atomic E-state index is 12.9. The van der Waals surface area contributed by atoms with Crippen molar-refractivity contribution in [1.29, 1.82) is 0 Å². The van der Waals surface area contributed by atoms with Gasteiger partial charge in [-0.15, -0.1) is 10.2 Å². The number of aromatic nitrogens is 4. The Balaban J connectivity index is 1.32. The van der Waals surface area contributed by atoms with Gasteiger partial charge in [-0.1, -0.05) is 11.6 Å². The molecule has 1 saturated heterocycles. The predicted octanol–water partition coefficient (Wildman–Crippen LogP) is 3.21. The van der Waals surface area contributed by atoms with Crippen molar-refractivity contribution in [3.63, 3.8) is 0 Å². The summed E-state index contributed by atoms with van der Waals surface area (Å²) in [5.74, 6) is 1.07. The zero-order valence-electron chi connectivity index (χ0n) is 15.2. The SMILES string of the molecule is Cc1ccc2oc(C(=O)N3CCC(c4nnc(-c5cnccn5)o4)C3)cc2c1. The van der Waals surface area contributed by atoms with Gasteiger partial charge in [-0.3, -0.25) is 9.78 Å². The largest absolute Gasteiger partial charge is 0.451 e. The first kappa shape index (κ1) is 16.6. The summed E-state index contributed by atoms with van der Waals surface area (Å²) in [4.78, 5) is 22.8. The Hall–Kier alpha value is -3.55. The number of nitrogens with zero attached hydrogens (tertiary/aromatic N) is 5. The van der Waals surface area contributed by atoms with E-state index in [2.05, 4.69) is 20.2 Å². The molecule has 8 nitrogen and oxygen atoms in total. The molecule has 1 fully saturated rings. The number of carbonyl (C=O) groups is 1. The van der Waals surface area contributed by atoms with Crippen LogP contribution in [0.5, 0.6) is 0 Å². The first-order chi connectivity index (χ1) is 13.7. The number of hydrogen-bond acceptors (Lipinski definition) is 7. The Morgan fingerprint density at radius 2 is 2.11 bits per heavy atom. The van der Waals surface area contributed by atoms with Crippen molar-refractivity contribution in [2.75, 3.05) is 13.1 Å². The number of likely N-dealkylation sites (tertiary alicyclic amines) is 1. The molecule has 0 radical (unpaired) electrons. The zero-order valence-corrected chi connectivity index (χ0v) is 15.2. The van der Waals surface area contributed by atoms with Crippen molar-refractivity contribution in [3.8, 4) is 11.6 Å². The van der Waals surface area contributed by atoms with Gasteiger partial charge in [0.1, 0.15) is 11.3 Å². The lowest BCUT2D eigenvalue weighted by molar-refractivity contribution is 0.0760. The number of carbonyl (C=O) groups excluding carboxylic acids is 1. The van der Waals surface area contributed by atoms with Crippen LogP contribution in [0.15, 0.2) is 51.7 Å². The number of rotatable bonds is 3. The summed E-state index contributed by atoms with van der Waals surface area (Å²) < 4.78 is 11.5. The smallest absolute Gasteiger partial charge is 0.289 e.